The average molecular weight is 359 g/mol. The van der Waals surface area contributed by atoms with E-state index in [4.69, 9.17) is 4.52 Å². The van der Waals surface area contributed by atoms with Crippen molar-refractivity contribution in [2.24, 2.45) is 0 Å². The minimum atomic E-state index is 0.00583. The van der Waals surface area contributed by atoms with Gasteiger partial charge in [-0.2, -0.15) is 0 Å². The van der Waals surface area contributed by atoms with E-state index >= 15 is 0 Å². The zero-order valence-corrected chi connectivity index (χ0v) is 17.1. The molecule has 4 nitrogen and oxygen atoms in total. The second-order valence-corrected chi connectivity index (χ2v) is 6.20. The van der Waals surface area contributed by atoms with E-state index in [0.29, 0.717) is 12.3 Å². The Labute approximate surface area is 158 Å². The predicted molar refractivity (Wildman–Crippen MR) is 109 cm³/mol. The van der Waals surface area contributed by atoms with E-state index < -0.39 is 0 Å². The minimum absolute atomic E-state index is 0.00583. The normalized spacial score (nSPS) is 14.1. The summed E-state index contributed by atoms with van der Waals surface area (Å²) < 4.78 is 5.54. The highest BCUT2D eigenvalue weighted by Gasteiger charge is 2.28. The third kappa shape index (κ3) is 5.72. The standard InChI is InChI=1S/C18H22N2O2.2C2H6/c1-12(11-16(21)19-15-9-4-3-5-10-15)17-13(2)18(22-20-17)14-7-6-8-14;2*1-2/h3-5,9-10,12,14H,6-8,11H2,1-2H3,(H,19,21);2*1-2H3/t12-;;/m0../s1. The molecule has 1 aliphatic rings. The second kappa shape index (κ2) is 11.5. The van der Waals surface area contributed by atoms with Crippen LogP contribution < -0.4 is 5.32 Å². The fourth-order valence-corrected chi connectivity index (χ4v) is 2.98. The van der Waals surface area contributed by atoms with Crippen molar-refractivity contribution in [1.29, 1.82) is 0 Å². The molecule has 1 aliphatic carbocycles. The van der Waals surface area contributed by atoms with Crippen LogP contribution in [-0.4, -0.2) is 11.1 Å². The van der Waals surface area contributed by atoms with Crippen molar-refractivity contribution in [2.45, 2.75) is 79.1 Å². The first-order valence-electron chi connectivity index (χ1n) is 9.96. The number of hydrogen-bond donors (Lipinski definition) is 1. The number of hydrogen-bond acceptors (Lipinski definition) is 3. The van der Waals surface area contributed by atoms with Crippen molar-refractivity contribution in [2.75, 3.05) is 5.32 Å². The number of aromatic nitrogens is 1. The molecule has 0 radical (unpaired) electrons. The van der Waals surface area contributed by atoms with E-state index in [2.05, 4.69) is 17.4 Å². The molecule has 1 atom stereocenters. The quantitative estimate of drug-likeness (QED) is 0.669. The lowest BCUT2D eigenvalue weighted by Gasteiger charge is -2.23. The summed E-state index contributed by atoms with van der Waals surface area (Å²) >= 11 is 0. The maximum absolute atomic E-state index is 12.1. The molecule has 1 saturated carbocycles. The maximum Gasteiger partial charge on any atom is 0.225 e. The Hall–Kier alpha value is -2.10. The van der Waals surface area contributed by atoms with E-state index in [1.807, 2.05) is 65.0 Å². The van der Waals surface area contributed by atoms with E-state index in [0.717, 1.165) is 22.7 Å². The van der Waals surface area contributed by atoms with Crippen LogP contribution in [0.15, 0.2) is 34.9 Å². The van der Waals surface area contributed by atoms with Gasteiger partial charge in [-0.15, -0.1) is 0 Å². The molecule has 0 bridgehead atoms. The highest BCUT2D eigenvalue weighted by Crippen LogP contribution is 2.39. The zero-order valence-electron chi connectivity index (χ0n) is 17.1. The smallest absolute Gasteiger partial charge is 0.225 e. The van der Waals surface area contributed by atoms with Gasteiger partial charge in [0.05, 0.1) is 5.69 Å². The second-order valence-electron chi connectivity index (χ2n) is 6.20. The van der Waals surface area contributed by atoms with Crippen LogP contribution >= 0.6 is 0 Å². The van der Waals surface area contributed by atoms with Crippen molar-refractivity contribution in [1.82, 2.24) is 5.16 Å². The van der Waals surface area contributed by atoms with Gasteiger partial charge in [0.25, 0.3) is 0 Å². The highest BCUT2D eigenvalue weighted by atomic mass is 16.5. The van der Waals surface area contributed by atoms with Gasteiger partial charge >= 0.3 is 0 Å². The molecule has 1 amide bonds. The summed E-state index contributed by atoms with van der Waals surface area (Å²) in [7, 11) is 0. The van der Waals surface area contributed by atoms with Crippen LogP contribution in [0.5, 0.6) is 0 Å². The van der Waals surface area contributed by atoms with Gasteiger partial charge in [-0.05, 0) is 31.9 Å². The molecule has 0 unspecified atom stereocenters. The molecule has 1 fully saturated rings. The molecule has 144 valence electrons. The van der Waals surface area contributed by atoms with Gasteiger partial charge in [0.2, 0.25) is 5.91 Å². The Morgan fingerprint density at radius 2 is 1.81 bits per heavy atom. The summed E-state index contributed by atoms with van der Waals surface area (Å²) in [5, 5.41) is 7.14. The number of nitrogens with zero attached hydrogens (tertiary/aromatic N) is 1. The first kappa shape index (κ1) is 21.9. The molecular weight excluding hydrogens is 324 g/mol. The van der Waals surface area contributed by atoms with Gasteiger partial charge in [0.15, 0.2) is 0 Å². The van der Waals surface area contributed by atoms with Gasteiger partial charge in [-0.3, -0.25) is 4.79 Å². The Balaban J connectivity index is 0.000000791. The lowest BCUT2D eigenvalue weighted by molar-refractivity contribution is -0.116. The van der Waals surface area contributed by atoms with Crippen LogP contribution in [0.3, 0.4) is 0 Å². The molecule has 4 heteroatoms. The number of benzene rings is 1. The molecule has 1 aromatic heterocycles. The van der Waals surface area contributed by atoms with E-state index in [-0.39, 0.29) is 11.8 Å². The number of carbonyl (C=O) groups excluding carboxylic acids is 1. The lowest BCUT2D eigenvalue weighted by Crippen LogP contribution is -2.15. The van der Waals surface area contributed by atoms with Crippen LogP contribution in [-0.2, 0) is 4.79 Å². The monoisotopic (exact) mass is 358 g/mol. The summed E-state index contributed by atoms with van der Waals surface area (Å²) in [6.45, 7) is 12.1. The van der Waals surface area contributed by atoms with Gasteiger partial charge in [0.1, 0.15) is 5.76 Å². The fourth-order valence-electron chi connectivity index (χ4n) is 2.98. The molecule has 0 aliphatic heterocycles. The molecule has 1 heterocycles. The number of para-hydroxylation sites is 1. The predicted octanol–water partition coefficient (Wildman–Crippen LogP) is 6.44. The summed E-state index contributed by atoms with van der Waals surface area (Å²) in [5.74, 6) is 1.62. The Bertz CT molecular complexity index is 645. The first-order valence-corrected chi connectivity index (χ1v) is 9.96. The van der Waals surface area contributed by atoms with Gasteiger partial charge in [-0.1, -0.05) is 64.4 Å². The molecule has 26 heavy (non-hydrogen) atoms. The van der Waals surface area contributed by atoms with Crippen molar-refractivity contribution < 1.29 is 9.32 Å². The SMILES string of the molecule is CC.CC.Cc1c([C@@H](C)CC(=O)Nc2ccccc2)noc1C1CCC1. The van der Waals surface area contributed by atoms with Crippen LogP contribution in [0.1, 0.15) is 89.2 Å². The van der Waals surface area contributed by atoms with Crippen LogP contribution in [0.2, 0.25) is 0 Å². The number of amides is 1. The summed E-state index contributed by atoms with van der Waals surface area (Å²) in [5.41, 5.74) is 2.88. The van der Waals surface area contributed by atoms with Crippen LogP contribution in [0, 0.1) is 6.92 Å². The van der Waals surface area contributed by atoms with Crippen LogP contribution in [0.25, 0.3) is 0 Å². The summed E-state index contributed by atoms with van der Waals surface area (Å²) in [6.07, 6.45) is 4.07. The molecular formula is C22H34N2O2. The third-order valence-electron chi connectivity index (χ3n) is 4.49. The number of anilines is 1. The minimum Gasteiger partial charge on any atom is -0.361 e. The fraction of sp³-hybridized carbons (Fsp3) is 0.545. The van der Waals surface area contributed by atoms with E-state index in [9.17, 15) is 4.79 Å². The number of nitrogens with one attached hydrogen (secondary N) is 1. The lowest BCUT2D eigenvalue weighted by atomic mass is 9.81. The average Bonchev–Trinajstić information content (AvgIpc) is 2.99. The third-order valence-corrected chi connectivity index (χ3v) is 4.49. The van der Waals surface area contributed by atoms with Crippen molar-refractivity contribution in [3.63, 3.8) is 0 Å². The Morgan fingerprint density at radius 3 is 2.35 bits per heavy atom. The summed E-state index contributed by atoms with van der Waals surface area (Å²) in [6, 6.07) is 9.52. The van der Waals surface area contributed by atoms with Crippen LogP contribution in [0.4, 0.5) is 5.69 Å². The molecule has 0 saturated heterocycles. The van der Waals surface area contributed by atoms with Gasteiger partial charge < -0.3 is 9.84 Å². The molecule has 2 aromatic rings. The maximum atomic E-state index is 12.1. The molecule has 0 spiro atoms. The summed E-state index contributed by atoms with van der Waals surface area (Å²) in [4.78, 5) is 12.1. The number of carbonyl (C=O) groups is 1. The van der Waals surface area contributed by atoms with Gasteiger partial charge in [-0.25, -0.2) is 0 Å². The van der Waals surface area contributed by atoms with Crippen molar-refractivity contribution in [3.8, 4) is 0 Å². The molecule has 1 N–H and O–H groups in total. The van der Waals surface area contributed by atoms with E-state index in [1.165, 1.54) is 19.3 Å². The largest absolute Gasteiger partial charge is 0.361 e. The Morgan fingerprint density at radius 1 is 1.19 bits per heavy atom. The molecule has 3 rings (SSSR count). The zero-order chi connectivity index (χ0) is 19.5. The molecule has 1 aromatic carbocycles. The Kier molecular flexibility index (Phi) is 9.71. The first-order chi connectivity index (χ1) is 12.6. The van der Waals surface area contributed by atoms with Crippen molar-refractivity contribution in [3.05, 3.63) is 47.3 Å². The van der Waals surface area contributed by atoms with E-state index in [1.54, 1.807) is 0 Å². The highest BCUT2D eigenvalue weighted by molar-refractivity contribution is 5.91. The number of rotatable bonds is 5. The van der Waals surface area contributed by atoms with Gasteiger partial charge in [0, 0.05) is 29.5 Å². The van der Waals surface area contributed by atoms with Crippen molar-refractivity contribution >= 4 is 11.6 Å². The topological polar surface area (TPSA) is 55.1 Å².